The first-order valence-electron chi connectivity index (χ1n) is 6.89. The first-order valence-corrected chi connectivity index (χ1v) is 7.65. The van der Waals surface area contributed by atoms with Gasteiger partial charge in [-0.15, -0.1) is 0 Å². The minimum absolute atomic E-state index is 0.0528. The summed E-state index contributed by atoms with van der Waals surface area (Å²) in [5, 5.41) is 4.67. The summed E-state index contributed by atoms with van der Waals surface area (Å²) in [5.74, 6) is -0.344. The smallest absolute Gasteiger partial charge is 0.141 e. The van der Waals surface area contributed by atoms with Gasteiger partial charge in [-0.05, 0) is 49.2 Å². The highest BCUT2D eigenvalue weighted by molar-refractivity contribution is 6.36. The molecule has 0 aliphatic carbocycles. The van der Waals surface area contributed by atoms with Crippen molar-refractivity contribution in [1.82, 2.24) is 10.3 Å². The molecule has 0 fully saturated rings. The highest BCUT2D eigenvalue weighted by Crippen LogP contribution is 2.29. The Labute approximate surface area is 134 Å². The van der Waals surface area contributed by atoms with Crippen LogP contribution >= 0.6 is 23.2 Å². The Bertz CT molecular complexity index is 567. The largest absolute Gasteiger partial charge is 0.308 e. The van der Waals surface area contributed by atoms with Crippen LogP contribution in [-0.2, 0) is 6.42 Å². The number of nitrogens with zero attached hydrogens (tertiary/aromatic N) is 1. The summed E-state index contributed by atoms with van der Waals surface area (Å²) in [6.07, 6.45) is 2.83. The van der Waals surface area contributed by atoms with Gasteiger partial charge in [-0.1, -0.05) is 36.2 Å². The van der Waals surface area contributed by atoms with Gasteiger partial charge in [0.05, 0.1) is 17.9 Å². The summed E-state index contributed by atoms with van der Waals surface area (Å²) in [7, 11) is 0. The van der Waals surface area contributed by atoms with Crippen LogP contribution in [0.3, 0.4) is 0 Å². The second-order valence-electron chi connectivity index (χ2n) is 4.81. The molecule has 0 spiro atoms. The molecule has 1 heterocycles. The zero-order valence-electron chi connectivity index (χ0n) is 11.7. The molecule has 1 aromatic carbocycles. The molecule has 112 valence electrons. The van der Waals surface area contributed by atoms with Crippen molar-refractivity contribution in [3.05, 3.63) is 63.6 Å². The van der Waals surface area contributed by atoms with Crippen LogP contribution < -0.4 is 5.32 Å². The van der Waals surface area contributed by atoms with E-state index < -0.39 is 0 Å². The minimum atomic E-state index is -0.344. The fourth-order valence-electron chi connectivity index (χ4n) is 2.12. The number of rotatable bonds is 6. The highest BCUT2D eigenvalue weighted by Gasteiger charge is 2.16. The lowest BCUT2D eigenvalue weighted by atomic mass is 10.0. The number of benzene rings is 1. The van der Waals surface area contributed by atoms with E-state index in [4.69, 9.17) is 23.2 Å². The van der Waals surface area contributed by atoms with Crippen LogP contribution in [0.25, 0.3) is 0 Å². The number of hydrogen-bond donors (Lipinski definition) is 1. The third-order valence-corrected chi connectivity index (χ3v) is 3.93. The molecule has 2 rings (SSSR count). The molecule has 2 nitrogen and oxygen atoms in total. The normalized spacial score (nSPS) is 12.4. The Morgan fingerprint density at radius 1 is 1.19 bits per heavy atom. The molecule has 0 bridgehead atoms. The van der Waals surface area contributed by atoms with Crippen LogP contribution in [0.15, 0.2) is 36.5 Å². The molecule has 1 atom stereocenters. The number of pyridine rings is 1. The number of halogens is 3. The summed E-state index contributed by atoms with van der Waals surface area (Å²) in [5.41, 5.74) is 1.65. The van der Waals surface area contributed by atoms with Crippen molar-refractivity contribution in [2.24, 2.45) is 0 Å². The molecule has 5 heteroatoms. The van der Waals surface area contributed by atoms with Gasteiger partial charge in [0.15, 0.2) is 0 Å². The molecule has 1 aromatic heterocycles. The van der Waals surface area contributed by atoms with E-state index in [9.17, 15) is 4.39 Å². The van der Waals surface area contributed by atoms with Gasteiger partial charge >= 0.3 is 0 Å². The van der Waals surface area contributed by atoms with E-state index in [1.807, 2.05) is 18.2 Å². The van der Waals surface area contributed by atoms with E-state index in [1.165, 1.54) is 12.3 Å². The lowest BCUT2D eigenvalue weighted by molar-refractivity contribution is 0.514. The first-order chi connectivity index (χ1) is 10.1. The van der Waals surface area contributed by atoms with Crippen molar-refractivity contribution in [2.75, 3.05) is 6.54 Å². The van der Waals surface area contributed by atoms with E-state index in [0.717, 1.165) is 24.2 Å². The third kappa shape index (κ3) is 4.40. The standard InChI is InChI=1S/C16H17Cl2FN2/c1-2-8-20-16(15-7-6-11(19)10-21-15)9-12-13(17)4-3-5-14(12)18/h3-7,10,16,20H,2,8-9H2,1H3. The van der Waals surface area contributed by atoms with Crippen molar-refractivity contribution in [3.63, 3.8) is 0 Å². The predicted molar refractivity (Wildman–Crippen MR) is 85.4 cm³/mol. The van der Waals surface area contributed by atoms with Crippen LogP contribution in [0.1, 0.15) is 30.6 Å². The monoisotopic (exact) mass is 326 g/mol. The van der Waals surface area contributed by atoms with Crippen LogP contribution in [0, 0.1) is 5.82 Å². The molecular formula is C16H17Cl2FN2. The lowest BCUT2D eigenvalue weighted by Gasteiger charge is -2.19. The maximum Gasteiger partial charge on any atom is 0.141 e. The van der Waals surface area contributed by atoms with Gasteiger partial charge in [-0.2, -0.15) is 0 Å². The van der Waals surface area contributed by atoms with Crippen LogP contribution in [-0.4, -0.2) is 11.5 Å². The van der Waals surface area contributed by atoms with Gasteiger partial charge in [0.2, 0.25) is 0 Å². The third-order valence-electron chi connectivity index (χ3n) is 3.22. The van der Waals surface area contributed by atoms with E-state index in [1.54, 1.807) is 6.07 Å². The van der Waals surface area contributed by atoms with Crippen molar-refractivity contribution >= 4 is 23.2 Å². The maximum atomic E-state index is 13.0. The Hall–Kier alpha value is -1.16. The molecule has 0 saturated carbocycles. The number of hydrogen-bond acceptors (Lipinski definition) is 2. The van der Waals surface area contributed by atoms with Crippen molar-refractivity contribution in [3.8, 4) is 0 Å². The molecular weight excluding hydrogens is 310 g/mol. The molecule has 0 radical (unpaired) electrons. The fraction of sp³-hybridized carbons (Fsp3) is 0.312. The second-order valence-corrected chi connectivity index (χ2v) is 5.63. The van der Waals surface area contributed by atoms with E-state index in [0.29, 0.717) is 16.5 Å². The van der Waals surface area contributed by atoms with Crippen LogP contribution in [0.2, 0.25) is 10.0 Å². The number of aromatic nitrogens is 1. The Morgan fingerprint density at radius 3 is 2.48 bits per heavy atom. The van der Waals surface area contributed by atoms with E-state index >= 15 is 0 Å². The second kappa shape index (κ2) is 7.74. The van der Waals surface area contributed by atoms with Gasteiger partial charge in [-0.3, -0.25) is 4.98 Å². The highest BCUT2D eigenvalue weighted by atomic mass is 35.5. The zero-order chi connectivity index (χ0) is 15.2. The van der Waals surface area contributed by atoms with Crippen LogP contribution in [0.5, 0.6) is 0 Å². The van der Waals surface area contributed by atoms with Crippen molar-refractivity contribution in [1.29, 1.82) is 0 Å². The fourth-order valence-corrected chi connectivity index (χ4v) is 2.68. The SMILES string of the molecule is CCCNC(Cc1c(Cl)cccc1Cl)c1ccc(F)cn1. The molecule has 0 aliphatic rings. The summed E-state index contributed by atoms with van der Waals surface area (Å²) < 4.78 is 13.0. The Balaban J connectivity index is 2.26. The predicted octanol–water partition coefficient (Wildman–Crippen LogP) is 4.81. The number of nitrogens with one attached hydrogen (secondary N) is 1. The average Bonchev–Trinajstić information content (AvgIpc) is 2.47. The minimum Gasteiger partial charge on any atom is -0.308 e. The summed E-state index contributed by atoms with van der Waals surface area (Å²) in [6, 6.07) is 8.50. The molecule has 0 amide bonds. The van der Waals surface area contributed by atoms with Crippen molar-refractivity contribution in [2.45, 2.75) is 25.8 Å². The van der Waals surface area contributed by atoms with Gasteiger partial charge in [0, 0.05) is 10.0 Å². The topological polar surface area (TPSA) is 24.9 Å². The molecule has 21 heavy (non-hydrogen) atoms. The zero-order valence-corrected chi connectivity index (χ0v) is 13.3. The van der Waals surface area contributed by atoms with Crippen LogP contribution in [0.4, 0.5) is 4.39 Å². The van der Waals surface area contributed by atoms with Gasteiger partial charge < -0.3 is 5.32 Å². The molecule has 0 saturated heterocycles. The Morgan fingerprint density at radius 2 is 1.90 bits per heavy atom. The van der Waals surface area contributed by atoms with Crippen molar-refractivity contribution < 1.29 is 4.39 Å². The molecule has 1 unspecified atom stereocenters. The lowest BCUT2D eigenvalue weighted by Crippen LogP contribution is -2.25. The van der Waals surface area contributed by atoms with Gasteiger partial charge in [0.25, 0.3) is 0 Å². The molecule has 1 N–H and O–H groups in total. The summed E-state index contributed by atoms with van der Waals surface area (Å²) in [4.78, 5) is 4.16. The quantitative estimate of drug-likeness (QED) is 0.823. The Kier molecular flexibility index (Phi) is 5.97. The van der Waals surface area contributed by atoms with E-state index in [-0.39, 0.29) is 11.9 Å². The first kappa shape index (κ1) is 16.2. The summed E-state index contributed by atoms with van der Waals surface area (Å²) in [6.45, 7) is 2.93. The molecule has 2 aromatic rings. The average molecular weight is 327 g/mol. The van der Waals surface area contributed by atoms with Gasteiger partial charge in [-0.25, -0.2) is 4.39 Å². The maximum absolute atomic E-state index is 13.0. The van der Waals surface area contributed by atoms with E-state index in [2.05, 4.69) is 17.2 Å². The summed E-state index contributed by atoms with van der Waals surface area (Å²) >= 11 is 12.5. The van der Waals surface area contributed by atoms with Gasteiger partial charge in [0.1, 0.15) is 5.82 Å². The molecule has 0 aliphatic heterocycles.